The smallest absolute Gasteiger partial charge is 0.255 e. The highest BCUT2D eigenvalue weighted by molar-refractivity contribution is 6.33. The summed E-state index contributed by atoms with van der Waals surface area (Å²) < 4.78 is 13.6. The fraction of sp³-hybridized carbons (Fsp3) is 0.588. The van der Waals surface area contributed by atoms with E-state index in [1.165, 1.54) is 50.6 Å². The Balaban J connectivity index is 1.61. The summed E-state index contributed by atoms with van der Waals surface area (Å²) in [6.45, 7) is 4.15. The summed E-state index contributed by atoms with van der Waals surface area (Å²) in [6, 6.07) is 4.27. The first kappa shape index (κ1) is 17.2. The Morgan fingerprint density at radius 1 is 1.18 bits per heavy atom. The summed E-state index contributed by atoms with van der Waals surface area (Å²) in [5.41, 5.74) is -0.0579. The van der Waals surface area contributed by atoms with Gasteiger partial charge in [0.2, 0.25) is 0 Å². The number of likely N-dealkylation sites (tertiary alicyclic amines) is 1. The van der Waals surface area contributed by atoms with E-state index in [0.29, 0.717) is 6.54 Å². The minimum Gasteiger partial charge on any atom is -0.352 e. The van der Waals surface area contributed by atoms with Crippen molar-refractivity contribution < 1.29 is 9.18 Å². The highest BCUT2D eigenvalue weighted by Crippen LogP contribution is 2.18. The molecular weight excluding hydrogens is 303 g/mol. The zero-order chi connectivity index (χ0) is 15.8. The number of rotatable bonds is 7. The van der Waals surface area contributed by atoms with Crippen molar-refractivity contribution in [2.24, 2.45) is 0 Å². The number of piperidine rings is 1. The van der Waals surface area contributed by atoms with Crippen molar-refractivity contribution in [2.45, 2.75) is 38.5 Å². The standard InChI is InChI=1S/C17H24ClFN2O/c18-14-8-7-9-15(19)16(14)17(22)20-10-3-1-4-11-21-12-5-2-6-13-21/h7-9H,1-6,10-13H2,(H,20,22). The van der Waals surface area contributed by atoms with Gasteiger partial charge < -0.3 is 10.2 Å². The molecule has 1 aliphatic heterocycles. The van der Waals surface area contributed by atoms with Crippen molar-refractivity contribution >= 4 is 17.5 Å². The van der Waals surface area contributed by atoms with Crippen LogP contribution in [0.2, 0.25) is 5.02 Å². The molecule has 122 valence electrons. The van der Waals surface area contributed by atoms with Crippen LogP contribution < -0.4 is 5.32 Å². The quantitative estimate of drug-likeness (QED) is 0.772. The number of benzene rings is 1. The molecule has 1 aliphatic rings. The van der Waals surface area contributed by atoms with Crippen LogP contribution in [0.25, 0.3) is 0 Å². The minimum absolute atomic E-state index is 0.0579. The minimum atomic E-state index is -0.574. The first-order valence-corrected chi connectivity index (χ1v) is 8.51. The number of hydrogen-bond acceptors (Lipinski definition) is 2. The molecule has 0 aromatic heterocycles. The fourth-order valence-corrected chi connectivity index (χ4v) is 3.07. The maximum Gasteiger partial charge on any atom is 0.255 e. The van der Waals surface area contributed by atoms with Crippen LogP contribution in [-0.4, -0.2) is 37.0 Å². The van der Waals surface area contributed by atoms with E-state index in [0.717, 1.165) is 25.8 Å². The Bertz CT molecular complexity index is 469. The van der Waals surface area contributed by atoms with Gasteiger partial charge in [-0.1, -0.05) is 30.5 Å². The molecule has 5 heteroatoms. The summed E-state index contributed by atoms with van der Waals surface area (Å²) in [4.78, 5) is 14.4. The second-order valence-corrected chi connectivity index (χ2v) is 6.22. The molecule has 22 heavy (non-hydrogen) atoms. The molecule has 0 atom stereocenters. The van der Waals surface area contributed by atoms with Gasteiger partial charge in [-0.25, -0.2) is 4.39 Å². The number of nitrogens with one attached hydrogen (secondary N) is 1. The molecule has 2 rings (SSSR count). The van der Waals surface area contributed by atoms with E-state index in [9.17, 15) is 9.18 Å². The van der Waals surface area contributed by atoms with Gasteiger partial charge in [-0.2, -0.15) is 0 Å². The Morgan fingerprint density at radius 3 is 2.68 bits per heavy atom. The van der Waals surface area contributed by atoms with Crippen LogP contribution in [0.3, 0.4) is 0 Å². The molecule has 0 radical (unpaired) electrons. The SMILES string of the molecule is O=C(NCCCCCN1CCCCC1)c1c(F)cccc1Cl. The molecule has 0 bridgehead atoms. The fourth-order valence-electron chi connectivity index (χ4n) is 2.83. The third-order valence-electron chi connectivity index (χ3n) is 4.08. The number of halogens is 2. The monoisotopic (exact) mass is 326 g/mol. The molecule has 0 aliphatic carbocycles. The summed E-state index contributed by atoms with van der Waals surface area (Å²) in [5, 5.41) is 2.90. The van der Waals surface area contributed by atoms with Crippen LogP contribution in [0.5, 0.6) is 0 Å². The van der Waals surface area contributed by atoms with Crippen LogP contribution in [0.15, 0.2) is 18.2 Å². The molecular formula is C17H24ClFN2O. The van der Waals surface area contributed by atoms with Gasteiger partial charge in [0.25, 0.3) is 5.91 Å². The Hall–Kier alpha value is -1.13. The lowest BCUT2D eigenvalue weighted by molar-refractivity contribution is 0.0949. The predicted octanol–water partition coefficient (Wildman–Crippen LogP) is 3.87. The van der Waals surface area contributed by atoms with E-state index < -0.39 is 11.7 Å². The number of amides is 1. The number of carbonyl (C=O) groups excluding carboxylic acids is 1. The topological polar surface area (TPSA) is 32.3 Å². The first-order chi connectivity index (χ1) is 10.7. The van der Waals surface area contributed by atoms with Crippen LogP contribution in [-0.2, 0) is 0 Å². The van der Waals surface area contributed by atoms with E-state index in [1.807, 2.05) is 0 Å². The zero-order valence-electron chi connectivity index (χ0n) is 12.9. The summed E-state index contributed by atoms with van der Waals surface area (Å²) in [6.07, 6.45) is 7.13. The lowest BCUT2D eigenvalue weighted by Crippen LogP contribution is -2.30. The summed E-state index contributed by atoms with van der Waals surface area (Å²) in [7, 11) is 0. The molecule has 1 heterocycles. The predicted molar refractivity (Wildman–Crippen MR) is 87.9 cm³/mol. The molecule has 1 aromatic rings. The number of nitrogens with zero attached hydrogens (tertiary/aromatic N) is 1. The third-order valence-corrected chi connectivity index (χ3v) is 4.39. The van der Waals surface area contributed by atoms with Crippen molar-refractivity contribution in [3.63, 3.8) is 0 Å². The van der Waals surface area contributed by atoms with Crippen LogP contribution in [0.4, 0.5) is 4.39 Å². The zero-order valence-corrected chi connectivity index (χ0v) is 13.7. The van der Waals surface area contributed by atoms with Crippen LogP contribution in [0, 0.1) is 5.82 Å². The van der Waals surface area contributed by atoms with E-state index >= 15 is 0 Å². The molecule has 1 amide bonds. The largest absolute Gasteiger partial charge is 0.352 e. The number of hydrogen-bond donors (Lipinski definition) is 1. The van der Waals surface area contributed by atoms with Gasteiger partial charge in [-0.15, -0.1) is 0 Å². The number of carbonyl (C=O) groups is 1. The van der Waals surface area contributed by atoms with E-state index in [4.69, 9.17) is 11.6 Å². The highest BCUT2D eigenvalue weighted by Gasteiger charge is 2.15. The molecule has 3 nitrogen and oxygen atoms in total. The van der Waals surface area contributed by atoms with Crippen molar-refractivity contribution in [2.75, 3.05) is 26.2 Å². The van der Waals surface area contributed by atoms with Gasteiger partial charge in [0, 0.05) is 6.54 Å². The van der Waals surface area contributed by atoms with E-state index in [1.54, 1.807) is 0 Å². The molecule has 1 fully saturated rings. The molecule has 1 saturated heterocycles. The van der Waals surface area contributed by atoms with Gasteiger partial charge >= 0.3 is 0 Å². The maximum absolute atomic E-state index is 13.6. The van der Waals surface area contributed by atoms with Crippen LogP contribution in [0.1, 0.15) is 48.9 Å². The second-order valence-electron chi connectivity index (χ2n) is 5.82. The van der Waals surface area contributed by atoms with Gasteiger partial charge in [-0.05, 0) is 57.5 Å². The summed E-state index contributed by atoms with van der Waals surface area (Å²) in [5.74, 6) is -1.01. The van der Waals surface area contributed by atoms with Gasteiger partial charge in [0.15, 0.2) is 0 Å². The van der Waals surface area contributed by atoms with Crippen molar-refractivity contribution in [1.82, 2.24) is 10.2 Å². The average molecular weight is 327 g/mol. The van der Waals surface area contributed by atoms with E-state index in [-0.39, 0.29) is 10.6 Å². The van der Waals surface area contributed by atoms with Crippen molar-refractivity contribution in [1.29, 1.82) is 0 Å². The van der Waals surface area contributed by atoms with Crippen LogP contribution >= 0.6 is 11.6 Å². The maximum atomic E-state index is 13.6. The molecule has 0 saturated carbocycles. The average Bonchev–Trinajstić information content (AvgIpc) is 2.51. The molecule has 1 aromatic carbocycles. The van der Waals surface area contributed by atoms with Gasteiger partial charge in [0.05, 0.1) is 10.6 Å². The Labute approximate surface area is 136 Å². The van der Waals surface area contributed by atoms with Gasteiger partial charge in [0.1, 0.15) is 5.82 Å². The van der Waals surface area contributed by atoms with Gasteiger partial charge in [-0.3, -0.25) is 4.79 Å². The van der Waals surface area contributed by atoms with Crippen molar-refractivity contribution in [3.8, 4) is 0 Å². The Morgan fingerprint density at radius 2 is 1.95 bits per heavy atom. The normalized spacial score (nSPS) is 15.7. The highest BCUT2D eigenvalue weighted by atomic mass is 35.5. The molecule has 0 unspecified atom stereocenters. The molecule has 1 N–H and O–H groups in total. The third kappa shape index (κ3) is 5.25. The first-order valence-electron chi connectivity index (χ1n) is 8.13. The van der Waals surface area contributed by atoms with E-state index in [2.05, 4.69) is 10.2 Å². The second kappa shape index (κ2) is 9.11. The summed E-state index contributed by atoms with van der Waals surface area (Å²) >= 11 is 5.87. The Kier molecular flexibility index (Phi) is 7.13. The lowest BCUT2D eigenvalue weighted by atomic mass is 10.1. The lowest BCUT2D eigenvalue weighted by Gasteiger charge is -2.26. The van der Waals surface area contributed by atoms with Crippen molar-refractivity contribution in [3.05, 3.63) is 34.6 Å². The number of unbranched alkanes of at least 4 members (excludes halogenated alkanes) is 2. The molecule has 0 spiro atoms.